The standard InChI is InChI=1S/C14H15ClIN3S/c1-3-11-13(16)14(17-2)19-12(18-11)8-20-10-6-4-9(15)5-7-10/h4-7H,3,8H2,1-2H3,(H,17,18,19). The maximum atomic E-state index is 5.88. The summed E-state index contributed by atoms with van der Waals surface area (Å²) in [7, 11) is 1.89. The van der Waals surface area contributed by atoms with Gasteiger partial charge in [0, 0.05) is 17.0 Å². The van der Waals surface area contributed by atoms with Crippen molar-refractivity contribution in [3.05, 3.63) is 44.4 Å². The summed E-state index contributed by atoms with van der Waals surface area (Å²) in [5.41, 5.74) is 1.09. The second-order valence-electron chi connectivity index (χ2n) is 4.10. The molecule has 1 aromatic carbocycles. The number of halogens is 2. The first-order valence-corrected chi connectivity index (χ1v) is 8.69. The molecule has 0 atom stereocenters. The highest BCUT2D eigenvalue weighted by Gasteiger charge is 2.10. The van der Waals surface area contributed by atoms with Crippen LogP contribution in [0.4, 0.5) is 5.82 Å². The van der Waals surface area contributed by atoms with E-state index >= 15 is 0 Å². The van der Waals surface area contributed by atoms with Gasteiger partial charge >= 0.3 is 0 Å². The Morgan fingerprint density at radius 2 is 1.95 bits per heavy atom. The van der Waals surface area contributed by atoms with Crippen LogP contribution in [0.15, 0.2) is 29.2 Å². The molecule has 1 N–H and O–H groups in total. The monoisotopic (exact) mass is 419 g/mol. The van der Waals surface area contributed by atoms with E-state index in [0.717, 1.165) is 38.1 Å². The van der Waals surface area contributed by atoms with Crippen molar-refractivity contribution in [2.24, 2.45) is 0 Å². The first kappa shape index (κ1) is 15.9. The van der Waals surface area contributed by atoms with Gasteiger partial charge in [0.05, 0.1) is 15.0 Å². The molecule has 2 aromatic rings. The highest BCUT2D eigenvalue weighted by atomic mass is 127. The second-order valence-corrected chi connectivity index (χ2v) is 6.66. The maximum Gasteiger partial charge on any atom is 0.143 e. The summed E-state index contributed by atoms with van der Waals surface area (Å²) in [6, 6.07) is 7.82. The molecular weight excluding hydrogens is 405 g/mol. The average Bonchev–Trinajstić information content (AvgIpc) is 2.47. The van der Waals surface area contributed by atoms with Gasteiger partial charge in [0.1, 0.15) is 11.6 Å². The van der Waals surface area contributed by atoms with Gasteiger partial charge in [-0.1, -0.05) is 18.5 Å². The topological polar surface area (TPSA) is 37.8 Å². The van der Waals surface area contributed by atoms with Crippen LogP contribution in [0.3, 0.4) is 0 Å². The summed E-state index contributed by atoms with van der Waals surface area (Å²) in [6.07, 6.45) is 0.911. The normalized spacial score (nSPS) is 10.6. The number of anilines is 1. The third-order valence-corrected chi connectivity index (χ3v) is 5.11. The summed E-state index contributed by atoms with van der Waals surface area (Å²) in [5.74, 6) is 2.51. The van der Waals surface area contributed by atoms with E-state index in [1.807, 2.05) is 31.3 Å². The van der Waals surface area contributed by atoms with E-state index in [1.165, 1.54) is 4.90 Å². The molecule has 0 unspecified atom stereocenters. The molecular formula is C14H15ClIN3S. The molecule has 6 heteroatoms. The lowest BCUT2D eigenvalue weighted by molar-refractivity contribution is 0.929. The Morgan fingerprint density at radius 1 is 1.25 bits per heavy atom. The number of aryl methyl sites for hydroxylation is 1. The fraction of sp³-hybridized carbons (Fsp3) is 0.286. The van der Waals surface area contributed by atoms with E-state index in [0.29, 0.717) is 0 Å². The fourth-order valence-electron chi connectivity index (χ4n) is 1.69. The molecule has 0 amide bonds. The zero-order valence-electron chi connectivity index (χ0n) is 11.3. The van der Waals surface area contributed by atoms with Gasteiger partial charge < -0.3 is 5.32 Å². The molecule has 0 fully saturated rings. The van der Waals surface area contributed by atoms with Crippen molar-refractivity contribution in [1.29, 1.82) is 0 Å². The van der Waals surface area contributed by atoms with Crippen LogP contribution in [-0.2, 0) is 12.2 Å². The van der Waals surface area contributed by atoms with Crippen molar-refractivity contribution in [3.63, 3.8) is 0 Å². The summed E-state index contributed by atoms with van der Waals surface area (Å²) in [4.78, 5) is 10.3. The molecule has 0 spiro atoms. The number of nitrogens with zero attached hydrogens (tertiary/aromatic N) is 2. The predicted molar refractivity (Wildman–Crippen MR) is 94.7 cm³/mol. The summed E-state index contributed by atoms with van der Waals surface area (Å²) in [6.45, 7) is 2.11. The lowest BCUT2D eigenvalue weighted by Crippen LogP contribution is -2.06. The van der Waals surface area contributed by atoms with Crippen LogP contribution < -0.4 is 5.32 Å². The molecule has 0 radical (unpaired) electrons. The van der Waals surface area contributed by atoms with Gasteiger partial charge in [-0.2, -0.15) is 0 Å². The highest BCUT2D eigenvalue weighted by Crippen LogP contribution is 2.25. The maximum absolute atomic E-state index is 5.88. The minimum Gasteiger partial charge on any atom is -0.372 e. The molecule has 106 valence electrons. The zero-order chi connectivity index (χ0) is 14.5. The van der Waals surface area contributed by atoms with Crippen LogP contribution in [0.5, 0.6) is 0 Å². The lowest BCUT2D eigenvalue weighted by Gasteiger charge is -2.10. The first-order valence-electron chi connectivity index (χ1n) is 6.25. The van der Waals surface area contributed by atoms with Crippen molar-refractivity contribution in [2.75, 3.05) is 12.4 Å². The van der Waals surface area contributed by atoms with Gasteiger partial charge in [-0.3, -0.25) is 0 Å². The molecule has 0 bridgehead atoms. The van der Waals surface area contributed by atoms with Gasteiger partial charge in [0.25, 0.3) is 0 Å². The summed E-state index contributed by atoms with van der Waals surface area (Å²) < 4.78 is 1.10. The number of rotatable bonds is 5. The number of hydrogen-bond acceptors (Lipinski definition) is 4. The third kappa shape index (κ3) is 3.99. The molecule has 1 aromatic heterocycles. The van der Waals surface area contributed by atoms with Gasteiger partial charge in [0.2, 0.25) is 0 Å². The zero-order valence-corrected chi connectivity index (χ0v) is 15.0. The molecule has 2 rings (SSSR count). The highest BCUT2D eigenvalue weighted by molar-refractivity contribution is 14.1. The third-order valence-electron chi connectivity index (χ3n) is 2.72. The minimum absolute atomic E-state index is 0.750. The largest absolute Gasteiger partial charge is 0.372 e. The van der Waals surface area contributed by atoms with E-state index in [9.17, 15) is 0 Å². The summed E-state index contributed by atoms with van der Waals surface area (Å²) >= 11 is 9.89. The number of nitrogens with one attached hydrogen (secondary N) is 1. The quantitative estimate of drug-likeness (QED) is 0.566. The lowest BCUT2D eigenvalue weighted by atomic mass is 10.3. The Kier molecular flexibility index (Phi) is 5.92. The number of aromatic nitrogens is 2. The smallest absolute Gasteiger partial charge is 0.143 e. The number of benzene rings is 1. The van der Waals surface area contributed by atoms with Gasteiger partial charge in [-0.05, 0) is 53.3 Å². The Balaban J connectivity index is 2.14. The van der Waals surface area contributed by atoms with E-state index in [-0.39, 0.29) is 0 Å². The SMILES string of the molecule is CCc1nc(CSc2ccc(Cl)cc2)nc(NC)c1I. The molecule has 20 heavy (non-hydrogen) atoms. The summed E-state index contributed by atoms with van der Waals surface area (Å²) in [5, 5.41) is 3.89. The van der Waals surface area contributed by atoms with E-state index in [2.05, 4.69) is 44.8 Å². The van der Waals surface area contributed by atoms with Crippen LogP contribution in [0.2, 0.25) is 5.02 Å². The van der Waals surface area contributed by atoms with Crippen LogP contribution in [-0.4, -0.2) is 17.0 Å². The Bertz CT molecular complexity index is 564. The first-order chi connectivity index (χ1) is 9.63. The van der Waals surface area contributed by atoms with Crippen LogP contribution >= 0.6 is 46.0 Å². The van der Waals surface area contributed by atoms with E-state index in [4.69, 9.17) is 11.6 Å². The van der Waals surface area contributed by atoms with Crippen molar-refractivity contribution >= 4 is 51.8 Å². The van der Waals surface area contributed by atoms with E-state index in [1.54, 1.807) is 11.8 Å². The molecule has 3 nitrogen and oxygen atoms in total. The Labute approximate surface area is 142 Å². The Hall–Kier alpha value is -0.530. The molecule has 1 heterocycles. The van der Waals surface area contributed by atoms with Gasteiger partial charge in [-0.15, -0.1) is 11.8 Å². The van der Waals surface area contributed by atoms with Gasteiger partial charge in [-0.25, -0.2) is 9.97 Å². The van der Waals surface area contributed by atoms with Crippen LogP contribution in [0.1, 0.15) is 18.4 Å². The van der Waals surface area contributed by atoms with Crippen LogP contribution in [0.25, 0.3) is 0 Å². The molecule has 0 saturated carbocycles. The average molecular weight is 420 g/mol. The fourth-order valence-corrected chi connectivity index (χ4v) is 3.46. The molecule has 0 aliphatic heterocycles. The van der Waals surface area contributed by atoms with Crippen molar-refractivity contribution < 1.29 is 0 Å². The number of hydrogen-bond donors (Lipinski definition) is 1. The molecule has 0 aliphatic carbocycles. The van der Waals surface area contributed by atoms with E-state index < -0.39 is 0 Å². The number of thioether (sulfide) groups is 1. The minimum atomic E-state index is 0.750. The van der Waals surface area contributed by atoms with Crippen molar-refractivity contribution in [2.45, 2.75) is 24.0 Å². The van der Waals surface area contributed by atoms with Gasteiger partial charge in [0.15, 0.2) is 0 Å². The second kappa shape index (κ2) is 7.47. The van der Waals surface area contributed by atoms with Crippen LogP contribution in [0, 0.1) is 3.57 Å². The Morgan fingerprint density at radius 3 is 2.55 bits per heavy atom. The molecule has 0 aliphatic rings. The van der Waals surface area contributed by atoms with Crippen molar-refractivity contribution in [1.82, 2.24) is 9.97 Å². The molecule has 0 saturated heterocycles. The predicted octanol–water partition coefficient (Wildman–Crippen LogP) is 4.63. The van der Waals surface area contributed by atoms with Crippen molar-refractivity contribution in [3.8, 4) is 0 Å².